The molecule has 0 spiro atoms. The third-order valence-electron chi connectivity index (χ3n) is 5.16. The molecule has 0 aliphatic rings. The van der Waals surface area contributed by atoms with Gasteiger partial charge in [0.05, 0.1) is 17.7 Å². The van der Waals surface area contributed by atoms with Crippen LogP contribution in [0.3, 0.4) is 0 Å². The van der Waals surface area contributed by atoms with Crippen molar-refractivity contribution in [2.75, 3.05) is 6.61 Å². The molecule has 0 fully saturated rings. The van der Waals surface area contributed by atoms with E-state index in [-0.39, 0.29) is 11.1 Å². The van der Waals surface area contributed by atoms with Crippen molar-refractivity contribution < 1.29 is 18.5 Å². The minimum absolute atomic E-state index is 0.208. The molecule has 0 radical (unpaired) electrons. The van der Waals surface area contributed by atoms with Crippen LogP contribution in [0, 0.1) is 0 Å². The van der Waals surface area contributed by atoms with Gasteiger partial charge in [0, 0.05) is 12.9 Å². The molecule has 0 saturated heterocycles. The molecule has 0 heterocycles. The van der Waals surface area contributed by atoms with Crippen LogP contribution in [0.15, 0.2) is 18.2 Å². The number of carbonyl (C=O) groups excluding carboxylic acids is 2. The van der Waals surface area contributed by atoms with Crippen LogP contribution in [-0.2, 0) is 15.3 Å². The summed E-state index contributed by atoms with van der Waals surface area (Å²) in [5.41, 5.74) is 1.53. The van der Waals surface area contributed by atoms with Crippen LogP contribution in [-0.4, -0.2) is 18.5 Å². The fourth-order valence-electron chi connectivity index (χ4n) is 3.38. The number of benzene rings is 1. The fraction of sp³-hybridized carbons (Fsp3) is 0.667. The van der Waals surface area contributed by atoms with Crippen molar-refractivity contribution in [1.29, 1.82) is 0 Å². The van der Waals surface area contributed by atoms with Gasteiger partial charge in [0.2, 0.25) is 0 Å². The van der Waals surface area contributed by atoms with Gasteiger partial charge in [-0.2, -0.15) is 0 Å². The van der Waals surface area contributed by atoms with E-state index < -0.39 is 11.9 Å². The quantitative estimate of drug-likeness (QED) is 0.133. The predicted molar refractivity (Wildman–Crippen MR) is 122 cm³/mol. The monoisotopic (exact) mass is 422 g/mol. The van der Waals surface area contributed by atoms with Crippen LogP contribution < -0.4 is 0 Å². The molecule has 1 aromatic rings. The summed E-state index contributed by atoms with van der Waals surface area (Å²) < 4.78 is 9.95. The maximum absolute atomic E-state index is 12.6. The Morgan fingerprint density at radius 2 is 1.34 bits per heavy atom. The van der Waals surface area contributed by atoms with E-state index in [2.05, 4.69) is 30.9 Å². The lowest BCUT2D eigenvalue weighted by atomic mass is 9.99. The number of hydrogen-bond acceptors (Lipinski definition) is 5. The van der Waals surface area contributed by atoms with Gasteiger partial charge in [-0.25, -0.2) is 9.59 Å². The Kier molecular flexibility index (Phi) is 14.4. The van der Waals surface area contributed by atoms with Crippen molar-refractivity contribution in [1.82, 2.24) is 0 Å². The topological polar surface area (TPSA) is 52.6 Å². The number of esters is 1. The Bertz CT molecular complexity index is 601. The third kappa shape index (κ3) is 10.7. The van der Waals surface area contributed by atoms with E-state index in [1.165, 1.54) is 51.4 Å². The summed E-state index contributed by atoms with van der Waals surface area (Å²) in [6.07, 6.45) is 14.9. The molecule has 0 aromatic heterocycles. The van der Waals surface area contributed by atoms with Gasteiger partial charge in [-0.05, 0) is 37.0 Å². The molecule has 1 rings (SSSR count). The molecular weight excluding hydrogens is 384 g/mol. The zero-order valence-electron chi connectivity index (χ0n) is 18.2. The summed E-state index contributed by atoms with van der Waals surface area (Å²) in [6, 6.07) is 5.30. The molecule has 4 nitrogen and oxygen atoms in total. The number of carbonyl (C=O) groups is 2. The third-order valence-corrected chi connectivity index (χ3v) is 5.32. The minimum Gasteiger partial charge on any atom is -0.462 e. The molecule has 164 valence electrons. The molecule has 0 atom stereocenters. The molecule has 0 saturated carbocycles. The summed E-state index contributed by atoms with van der Waals surface area (Å²) >= 11 is 3.59. The Morgan fingerprint density at radius 1 is 0.759 bits per heavy atom. The van der Waals surface area contributed by atoms with Crippen molar-refractivity contribution in [3.8, 4) is 0 Å². The van der Waals surface area contributed by atoms with Gasteiger partial charge >= 0.3 is 11.9 Å². The summed E-state index contributed by atoms with van der Waals surface area (Å²) in [4.78, 5) is 24.5. The lowest BCUT2D eigenvalue weighted by Crippen LogP contribution is -2.13. The second-order valence-electron chi connectivity index (χ2n) is 7.68. The average Bonchev–Trinajstić information content (AvgIpc) is 2.74. The minimum atomic E-state index is -0.633. The van der Waals surface area contributed by atoms with Crippen molar-refractivity contribution in [3.05, 3.63) is 34.9 Å². The van der Waals surface area contributed by atoms with Gasteiger partial charge in [0.25, 0.3) is 0 Å². The predicted octanol–water partition coefficient (Wildman–Crippen LogP) is 7.11. The normalized spacial score (nSPS) is 10.7. The summed E-state index contributed by atoms with van der Waals surface area (Å²) in [7, 11) is 0. The Balaban J connectivity index is 2.58. The van der Waals surface area contributed by atoms with Crippen molar-refractivity contribution >= 4 is 24.8 Å². The lowest BCUT2D eigenvalue weighted by Gasteiger charge is -2.10. The molecule has 0 unspecified atom stereocenters. The highest BCUT2D eigenvalue weighted by Crippen LogP contribution is 2.18. The van der Waals surface area contributed by atoms with Crippen LogP contribution in [0.1, 0.15) is 117 Å². The van der Waals surface area contributed by atoms with Gasteiger partial charge < -0.3 is 8.92 Å². The first-order chi connectivity index (χ1) is 14.1. The molecule has 29 heavy (non-hydrogen) atoms. The molecule has 1 aromatic carbocycles. The van der Waals surface area contributed by atoms with Gasteiger partial charge in [-0.1, -0.05) is 84.1 Å². The Hall–Kier alpha value is -1.49. The largest absolute Gasteiger partial charge is 0.462 e. The van der Waals surface area contributed by atoms with Crippen molar-refractivity contribution in [2.45, 2.75) is 97.3 Å². The van der Waals surface area contributed by atoms with Crippen LogP contribution >= 0.6 is 12.9 Å². The molecule has 0 aliphatic heterocycles. The number of ether oxygens (including phenoxy) is 1. The first-order valence-electron chi connectivity index (χ1n) is 11.3. The second kappa shape index (κ2) is 16.3. The highest BCUT2D eigenvalue weighted by Gasteiger charge is 2.20. The van der Waals surface area contributed by atoms with E-state index in [0.29, 0.717) is 6.61 Å². The standard InChI is InChI=1S/C24H38O4S/c1-3-5-7-9-11-13-15-20-16-17-21(24(26)28-29)22(19-20)23(25)27-18-14-12-10-8-6-4-2/h16-17,19,29H,3-15,18H2,1-2H3. The van der Waals surface area contributed by atoms with Crippen LogP contribution in [0.4, 0.5) is 0 Å². The highest BCUT2D eigenvalue weighted by molar-refractivity contribution is 7.75. The average molecular weight is 423 g/mol. The maximum Gasteiger partial charge on any atom is 0.350 e. The van der Waals surface area contributed by atoms with E-state index in [1.807, 2.05) is 6.07 Å². The van der Waals surface area contributed by atoms with Crippen LogP contribution in [0.2, 0.25) is 0 Å². The van der Waals surface area contributed by atoms with E-state index >= 15 is 0 Å². The zero-order valence-corrected chi connectivity index (χ0v) is 19.1. The highest BCUT2D eigenvalue weighted by atomic mass is 32.1. The molecule has 0 aliphatic carbocycles. The molecule has 0 amide bonds. The SMILES string of the molecule is CCCCCCCCOC(=O)c1cc(CCCCCCCC)ccc1C(=O)OS. The van der Waals surface area contributed by atoms with E-state index in [4.69, 9.17) is 4.74 Å². The van der Waals surface area contributed by atoms with Crippen molar-refractivity contribution in [3.63, 3.8) is 0 Å². The van der Waals surface area contributed by atoms with Gasteiger partial charge in [-0.3, -0.25) is 0 Å². The zero-order chi connectivity index (χ0) is 21.3. The Labute approximate surface area is 182 Å². The molecular formula is C24H38O4S. The number of rotatable bonds is 16. The number of thiol groups is 1. The van der Waals surface area contributed by atoms with E-state index in [0.717, 1.165) is 37.7 Å². The first-order valence-corrected chi connectivity index (χ1v) is 11.7. The van der Waals surface area contributed by atoms with Gasteiger partial charge in [0.1, 0.15) is 0 Å². The smallest absolute Gasteiger partial charge is 0.350 e. The number of unbranched alkanes of at least 4 members (excludes halogenated alkanes) is 10. The Morgan fingerprint density at radius 3 is 1.97 bits per heavy atom. The van der Waals surface area contributed by atoms with E-state index in [9.17, 15) is 9.59 Å². The van der Waals surface area contributed by atoms with Crippen molar-refractivity contribution in [2.24, 2.45) is 0 Å². The second-order valence-corrected chi connectivity index (χ2v) is 7.86. The number of hydrogen-bond donors (Lipinski definition) is 1. The summed E-state index contributed by atoms with van der Waals surface area (Å²) in [5, 5.41) is 0. The van der Waals surface area contributed by atoms with E-state index in [1.54, 1.807) is 12.1 Å². The van der Waals surface area contributed by atoms with Crippen LogP contribution in [0.25, 0.3) is 0 Å². The van der Waals surface area contributed by atoms with Gasteiger partial charge in [-0.15, -0.1) is 0 Å². The molecule has 0 N–H and O–H groups in total. The van der Waals surface area contributed by atoms with Gasteiger partial charge in [0.15, 0.2) is 0 Å². The number of aryl methyl sites for hydroxylation is 1. The molecule has 0 bridgehead atoms. The summed E-state index contributed by atoms with van der Waals surface area (Å²) in [5.74, 6) is -1.09. The maximum atomic E-state index is 12.6. The molecule has 5 heteroatoms. The van der Waals surface area contributed by atoms with Crippen LogP contribution in [0.5, 0.6) is 0 Å². The lowest BCUT2D eigenvalue weighted by molar-refractivity contribution is 0.0490. The first kappa shape index (κ1) is 25.5. The summed E-state index contributed by atoms with van der Waals surface area (Å²) in [6.45, 7) is 4.78. The fourth-order valence-corrected chi connectivity index (χ4v) is 3.48.